The zero-order valence-corrected chi connectivity index (χ0v) is 18.0. The van der Waals surface area contributed by atoms with E-state index in [2.05, 4.69) is 98.9 Å². The molecule has 2 heteroatoms. The van der Waals surface area contributed by atoms with Crippen molar-refractivity contribution in [1.29, 1.82) is 0 Å². The van der Waals surface area contributed by atoms with Gasteiger partial charge in [0.25, 0.3) is 0 Å². The number of allylic oxidation sites excluding steroid dienone is 2. The quantitative estimate of drug-likeness (QED) is 0.479. The first-order valence-electron chi connectivity index (χ1n) is 10.9. The number of hydrogen-bond acceptors (Lipinski definition) is 2. The standard InChI is InChI=1S/C28H29NO/c1-18-7-10-21(11-8-18)17-30-23-14-12-22(13-15-23)28-25-6-4-5-24(25)26-16-9-19(2)20(3)27(26)29-28/h4-5,7-16,24-25,28-29H,6,17H2,1-3H3. The lowest BCUT2D eigenvalue weighted by Crippen LogP contribution is -2.29. The Labute approximate surface area is 179 Å². The third-order valence-electron chi connectivity index (χ3n) is 6.83. The summed E-state index contributed by atoms with van der Waals surface area (Å²) in [5.74, 6) is 1.99. The number of aryl methyl sites for hydroxylation is 2. The topological polar surface area (TPSA) is 21.3 Å². The van der Waals surface area contributed by atoms with E-state index >= 15 is 0 Å². The molecule has 0 saturated heterocycles. The van der Waals surface area contributed by atoms with Crippen molar-refractivity contribution >= 4 is 5.69 Å². The van der Waals surface area contributed by atoms with E-state index in [0.717, 1.165) is 12.2 Å². The van der Waals surface area contributed by atoms with Crippen LogP contribution in [-0.2, 0) is 6.61 Å². The molecular weight excluding hydrogens is 366 g/mol. The summed E-state index contributed by atoms with van der Waals surface area (Å²) in [5.41, 5.74) is 9.30. The Bertz CT molecular complexity index is 1080. The average Bonchev–Trinajstić information content (AvgIpc) is 3.26. The fraction of sp³-hybridized carbons (Fsp3) is 0.286. The van der Waals surface area contributed by atoms with Crippen molar-refractivity contribution in [3.8, 4) is 5.75 Å². The van der Waals surface area contributed by atoms with Crippen molar-refractivity contribution in [2.75, 3.05) is 5.32 Å². The van der Waals surface area contributed by atoms with Crippen LogP contribution in [0.4, 0.5) is 5.69 Å². The minimum absolute atomic E-state index is 0.323. The van der Waals surface area contributed by atoms with Gasteiger partial charge in [-0.3, -0.25) is 0 Å². The van der Waals surface area contributed by atoms with E-state index in [1.165, 1.54) is 39.1 Å². The fourth-order valence-corrected chi connectivity index (χ4v) is 4.87. The largest absolute Gasteiger partial charge is 0.489 e. The monoisotopic (exact) mass is 395 g/mol. The van der Waals surface area contributed by atoms with Crippen LogP contribution in [0.5, 0.6) is 5.75 Å². The Morgan fingerprint density at radius 1 is 0.900 bits per heavy atom. The van der Waals surface area contributed by atoms with E-state index in [4.69, 9.17) is 4.74 Å². The van der Waals surface area contributed by atoms with E-state index in [9.17, 15) is 0 Å². The van der Waals surface area contributed by atoms with Crippen molar-refractivity contribution < 1.29 is 4.74 Å². The molecule has 1 aliphatic heterocycles. The molecule has 2 aliphatic rings. The first kappa shape index (κ1) is 19.0. The molecule has 0 fully saturated rings. The molecule has 3 unspecified atom stereocenters. The molecule has 0 bridgehead atoms. The summed E-state index contributed by atoms with van der Waals surface area (Å²) in [6.45, 7) is 7.14. The highest BCUT2D eigenvalue weighted by Crippen LogP contribution is 2.51. The van der Waals surface area contributed by atoms with E-state index in [1.807, 2.05) is 0 Å². The Balaban J connectivity index is 1.36. The molecule has 0 saturated carbocycles. The molecule has 1 heterocycles. The molecule has 0 spiro atoms. The summed E-state index contributed by atoms with van der Waals surface area (Å²) in [4.78, 5) is 0. The summed E-state index contributed by atoms with van der Waals surface area (Å²) < 4.78 is 6.02. The van der Waals surface area contributed by atoms with Gasteiger partial charge >= 0.3 is 0 Å². The Hall–Kier alpha value is -3.00. The van der Waals surface area contributed by atoms with Crippen molar-refractivity contribution in [1.82, 2.24) is 0 Å². The first-order valence-corrected chi connectivity index (χ1v) is 10.9. The summed E-state index contributed by atoms with van der Waals surface area (Å²) in [6, 6.07) is 22.1. The predicted molar refractivity (Wildman–Crippen MR) is 124 cm³/mol. The maximum atomic E-state index is 6.02. The van der Waals surface area contributed by atoms with Crippen molar-refractivity contribution in [3.63, 3.8) is 0 Å². The molecule has 0 aromatic heterocycles. The number of nitrogens with one attached hydrogen (secondary N) is 1. The van der Waals surface area contributed by atoms with E-state index in [0.29, 0.717) is 24.5 Å². The third-order valence-corrected chi connectivity index (χ3v) is 6.83. The van der Waals surface area contributed by atoms with Gasteiger partial charge in [0.1, 0.15) is 12.4 Å². The Morgan fingerprint density at radius 2 is 1.67 bits per heavy atom. The number of ether oxygens (including phenoxy) is 1. The highest BCUT2D eigenvalue weighted by Gasteiger charge is 2.38. The molecule has 1 N–H and O–H groups in total. The molecule has 152 valence electrons. The van der Waals surface area contributed by atoms with Gasteiger partial charge in [-0.15, -0.1) is 0 Å². The molecule has 0 amide bonds. The van der Waals surface area contributed by atoms with Crippen LogP contribution < -0.4 is 10.1 Å². The van der Waals surface area contributed by atoms with Crippen LogP contribution in [0.2, 0.25) is 0 Å². The molecule has 3 aromatic rings. The lowest BCUT2D eigenvalue weighted by Gasteiger charge is -2.38. The summed E-state index contributed by atoms with van der Waals surface area (Å²) >= 11 is 0. The minimum atomic E-state index is 0.323. The van der Waals surface area contributed by atoms with Crippen LogP contribution in [0.3, 0.4) is 0 Å². The summed E-state index contributed by atoms with van der Waals surface area (Å²) in [7, 11) is 0. The molecule has 2 nitrogen and oxygen atoms in total. The van der Waals surface area contributed by atoms with E-state index in [-0.39, 0.29) is 0 Å². The van der Waals surface area contributed by atoms with Crippen molar-refractivity contribution in [2.45, 2.75) is 45.8 Å². The number of benzene rings is 3. The van der Waals surface area contributed by atoms with Gasteiger partial charge in [0.2, 0.25) is 0 Å². The van der Waals surface area contributed by atoms with Gasteiger partial charge in [-0.25, -0.2) is 0 Å². The maximum Gasteiger partial charge on any atom is 0.119 e. The molecular formula is C28H29NO. The molecule has 1 aliphatic carbocycles. The predicted octanol–water partition coefficient (Wildman–Crippen LogP) is 7.02. The van der Waals surface area contributed by atoms with Gasteiger partial charge in [-0.2, -0.15) is 0 Å². The fourth-order valence-electron chi connectivity index (χ4n) is 4.87. The summed E-state index contributed by atoms with van der Waals surface area (Å²) in [5, 5.41) is 3.90. The molecule has 3 aromatic carbocycles. The minimum Gasteiger partial charge on any atom is -0.489 e. The second-order valence-electron chi connectivity index (χ2n) is 8.79. The highest BCUT2D eigenvalue weighted by molar-refractivity contribution is 5.65. The zero-order chi connectivity index (χ0) is 20.7. The van der Waals surface area contributed by atoms with Gasteiger partial charge in [-0.1, -0.05) is 66.2 Å². The van der Waals surface area contributed by atoms with Gasteiger partial charge in [0.05, 0.1) is 6.04 Å². The SMILES string of the molecule is Cc1ccc(COc2ccc(C3Nc4c(ccc(C)c4C)C4C=CCC43)cc2)cc1. The normalized spacial score (nSPS) is 21.6. The molecule has 3 atom stereocenters. The van der Waals surface area contributed by atoms with Crippen LogP contribution >= 0.6 is 0 Å². The molecule has 30 heavy (non-hydrogen) atoms. The van der Waals surface area contributed by atoms with Crippen molar-refractivity contribution in [2.24, 2.45) is 5.92 Å². The van der Waals surface area contributed by atoms with Crippen LogP contribution in [0.1, 0.15) is 51.8 Å². The van der Waals surface area contributed by atoms with Crippen LogP contribution in [-0.4, -0.2) is 0 Å². The van der Waals surface area contributed by atoms with Gasteiger partial charge in [-0.05, 0) is 73.1 Å². The lowest BCUT2D eigenvalue weighted by atomic mass is 9.76. The molecule has 5 rings (SSSR count). The van der Waals surface area contributed by atoms with Crippen LogP contribution in [0.25, 0.3) is 0 Å². The van der Waals surface area contributed by atoms with Crippen LogP contribution in [0.15, 0.2) is 72.8 Å². The van der Waals surface area contributed by atoms with Gasteiger partial charge < -0.3 is 10.1 Å². The lowest BCUT2D eigenvalue weighted by molar-refractivity contribution is 0.306. The second kappa shape index (κ2) is 7.68. The maximum absolute atomic E-state index is 6.02. The number of rotatable bonds is 4. The third kappa shape index (κ3) is 3.41. The number of anilines is 1. The van der Waals surface area contributed by atoms with Gasteiger partial charge in [0, 0.05) is 11.6 Å². The molecule has 0 radical (unpaired) electrons. The smallest absolute Gasteiger partial charge is 0.119 e. The van der Waals surface area contributed by atoms with E-state index < -0.39 is 0 Å². The highest BCUT2D eigenvalue weighted by atomic mass is 16.5. The number of hydrogen-bond donors (Lipinski definition) is 1. The Kier molecular flexibility index (Phi) is 4.86. The average molecular weight is 396 g/mol. The van der Waals surface area contributed by atoms with Gasteiger partial charge in [0.15, 0.2) is 0 Å². The Morgan fingerprint density at radius 3 is 2.43 bits per heavy atom. The first-order chi connectivity index (χ1) is 14.6. The van der Waals surface area contributed by atoms with E-state index in [1.54, 1.807) is 0 Å². The van der Waals surface area contributed by atoms with Crippen LogP contribution in [0, 0.1) is 26.7 Å². The zero-order valence-electron chi connectivity index (χ0n) is 18.0. The second-order valence-corrected chi connectivity index (χ2v) is 8.79. The summed E-state index contributed by atoms with van der Waals surface area (Å²) in [6.07, 6.45) is 5.89. The number of fused-ring (bicyclic) bond motifs is 3. The van der Waals surface area contributed by atoms with Crippen molar-refractivity contribution in [3.05, 3.63) is 106 Å².